The van der Waals surface area contributed by atoms with Gasteiger partial charge in [-0.2, -0.15) is 11.8 Å². The maximum absolute atomic E-state index is 11.5. The molecule has 0 bridgehead atoms. The molecule has 6 nitrogen and oxygen atoms in total. The van der Waals surface area contributed by atoms with Gasteiger partial charge in [-0.25, -0.2) is 9.59 Å². The quantitative estimate of drug-likeness (QED) is 0.622. The zero-order valence-corrected chi connectivity index (χ0v) is 11.6. The number of carboxylic acid groups (broad SMARTS) is 1. The van der Waals surface area contributed by atoms with E-state index in [1.165, 1.54) is 11.8 Å². The highest BCUT2D eigenvalue weighted by molar-refractivity contribution is 7.99. The van der Waals surface area contributed by atoms with Crippen molar-refractivity contribution in [1.82, 2.24) is 5.32 Å². The van der Waals surface area contributed by atoms with Crippen LogP contribution in [0.1, 0.15) is 5.56 Å². The first-order chi connectivity index (χ1) is 9.63. The Kier molecular flexibility index (Phi) is 7.52. The van der Waals surface area contributed by atoms with Crippen LogP contribution in [0.3, 0.4) is 0 Å². The summed E-state index contributed by atoms with van der Waals surface area (Å²) in [4.78, 5) is 22.5. The summed E-state index contributed by atoms with van der Waals surface area (Å²) in [5.41, 5.74) is 0.823. The van der Waals surface area contributed by atoms with Gasteiger partial charge >= 0.3 is 12.1 Å². The second-order valence-electron chi connectivity index (χ2n) is 3.90. The van der Waals surface area contributed by atoms with E-state index in [4.69, 9.17) is 14.9 Å². The number of aliphatic hydroxyl groups excluding tert-OH is 1. The van der Waals surface area contributed by atoms with Crippen molar-refractivity contribution < 1.29 is 24.5 Å². The molecule has 110 valence electrons. The van der Waals surface area contributed by atoms with Gasteiger partial charge in [-0.1, -0.05) is 30.3 Å². The maximum atomic E-state index is 11.5. The van der Waals surface area contributed by atoms with Crippen LogP contribution in [0.4, 0.5) is 4.79 Å². The summed E-state index contributed by atoms with van der Waals surface area (Å²) in [5.74, 6) is -0.534. The number of carbonyl (C=O) groups excluding carboxylic acids is 1. The monoisotopic (exact) mass is 299 g/mol. The molecule has 0 unspecified atom stereocenters. The average molecular weight is 299 g/mol. The molecule has 1 aromatic rings. The van der Waals surface area contributed by atoms with E-state index in [1.54, 1.807) is 12.1 Å². The van der Waals surface area contributed by atoms with Gasteiger partial charge < -0.3 is 20.3 Å². The smallest absolute Gasteiger partial charge is 0.408 e. The van der Waals surface area contributed by atoms with Crippen molar-refractivity contribution in [2.45, 2.75) is 12.6 Å². The van der Waals surface area contributed by atoms with Gasteiger partial charge in [0.25, 0.3) is 0 Å². The number of hydrogen-bond acceptors (Lipinski definition) is 5. The van der Waals surface area contributed by atoms with Gasteiger partial charge in [0.05, 0.1) is 6.61 Å². The van der Waals surface area contributed by atoms with Gasteiger partial charge in [-0.3, -0.25) is 0 Å². The highest BCUT2D eigenvalue weighted by atomic mass is 32.2. The first-order valence-corrected chi connectivity index (χ1v) is 7.17. The van der Waals surface area contributed by atoms with Gasteiger partial charge in [0.2, 0.25) is 0 Å². The lowest BCUT2D eigenvalue weighted by atomic mass is 10.2. The average Bonchev–Trinajstić information content (AvgIpc) is 2.45. The molecular formula is C13H17NO5S. The van der Waals surface area contributed by atoms with Crippen molar-refractivity contribution >= 4 is 23.8 Å². The molecule has 0 aliphatic heterocycles. The minimum absolute atomic E-state index is 0.0323. The number of hydrogen-bond donors (Lipinski definition) is 3. The SMILES string of the molecule is O=C(N[C@@H](CSCCO)C(=O)O)OCc1ccccc1. The fraction of sp³-hybridized carbons (Fsp3) is 0.385. The Labute approximate surface area is 121 Å². The number of ether oxygens (including phenoxy) is 1. The van der Waals surface area contributed by atoms with Crippen LogP contribution in [0.5, 0.6) is 0 Å². The third-order valence-corrected chi connectivity index (χ3v) is 3.36. The second kappa shape index (κ2) is 9.22. The molecule has 0 radical (unpaired) electrons. The lowest BCUT2D eigenvalue weighted by molar-refractivity contribution is -0.138. The predicted octanol–water partition coefficient (Wildman–Crippen LogP) is 1.09. The minimum Gasteiger partial charge on any atom is -0.480 e. The number of aliphatic hydroxyl groups is 1. The maximum Gasteiger partial charge on any atom is 0.408 e. The third-order valence-electron chi connectivity index (χ3n) is 2.32. The van der Waals surface area contributed by atoms with Gasteiger partial charge in [-0.15, -0.1) is 0 Å². The first kappa shape index (κ1) is 16.3. The molecule has 0 heterocycles. The minimum atomic E-state index is -1.13. The highest BCUT2D eigenvalue weighted by Crippen LogP contribution is 2.04. The van der Waals surface area contributed by atoms with Gasteiger partial charge in [0.15, 0.2) is 0 Å². The Hall–Kier alpha value is -1.73. The summed E-state index contributed by atoms with van der Waals surface area (Å²) in [5, 5.41) is 19.9. The van der Waals surface area contributed by atoms with E-state index < -0.39 is 18.1 Å². The molecular weight excluding hydrogens is 282 g/mol. The fourth-order valence-electron chi connectivity index (χ4n) is 1.35. The normalized spacial score (nSPS) is 11.7. The molecule has 7 heteroatoms. The van der Waals surface area contributed by atoms with E-state index in [0.29, 0.717) is 5.75 Å². The van der Waals surface area contributed by atoms with Crippen LogP contribution >= 0.6 is 11.8 Å². The molecule has 1 atom stereocenters. The van der Waals surface area contributed by atoms with Crippen LogP contribution in [-0.4, -0.2) is 46.4 Å². The van der Waals surface area contributed by atoms with Crippen molar-refractivity contribution in [2.75, 3.05) is 18.1 Å². The van der Waals surface area contributed by atoms with Crippen molar-refractivity contribution in [3.05, 3.63) is 35.9 Å². The number of benzene rings is 1. The molecule has 20 heavy (non-hydrogen) atoms. The Bertz CT molecular complexity index is 426. The van der Waals surface area contributed by atoms with Crippen molar-refractivity contribution in [3.63, 3.8) is 0 Å². The van der Waals surface area contributed by atoms with Crippen molar-refractivity contribution in [3.8, 4) is 0 Å². The van der Waals surface area contributed by atoms with E-state index in [1.807, 2.05) is 18.2 Å². The van der Waals surface area contributed by atoms with E-state index >= 15 is 0 Å². The number of aliphatic carboxylic acids is 1. The summed E-state index contributed by atoms with van der Waals surface area (Å²) in [6.45, 7) is 0.0538. The number of thioether (sulfide) groups is 1. The van der Waals surface area contributed by atoms with Crippen molar-refractivity contribution in [2.24, 2.45) is 0 Å². The summed E-state index contributed by atoms with van der Waals surface area (Å²) in [6.07, 6.45) is -0.772. The van der Waals surface area contributed by atoms with Crippen LogP contribution in [0, 0.1) is 0 Å². The molecule has 0 saturated heterocycles. The third kappa shape index (κ3) is 6.44. The molecule has 0 aliphatic carbocycles. The summed E-state index contributed by atoms with van der Waals surface area (Å²) >= 11 is 1.25. The van der Waals surface area contributed by atoms with Crippen LogP contribution in [0.25, 0.3) is 0 Å². The first-order valence-electron chi connectivity index (χ1n) is 6.02. The predicted molar refractivity (Wildman–Crippen MR) is 75.6 cm³/mol. The number of alkyl carbamates (subject to hydrolysis) is 1. The van der Waals surface area contributed by atoms with E-state index in [9.17, 15) is 9.59 Å². The summed E-state index contributed by atoms with van der Waals surface area (Å²) in [7, 11) is 0. The Balaban J connectivity index is 2.36. The van der Waals surface area contributed by atoms with Crippen molar-refractivity contribution in [1.29, 1.82) is 0 Å². The molecule has 0 aromatic heterocycles. The molecule has 0 aliphatic rings. The van der Waals surface area contributed by atoms with Crippen LogP contribution in [-0.2, 0) is 16.1 Å². The van der Waals surface area contributed by atoms with Gasteiger partial charge in [0.1, 0.15) is 12.6 Å². The Morgan fingerprint density at radius 2 is 2.00 bits per heavy atom. The lowest BCUT2D eigenvalue weighted by Crippen LogP contribution is -2.42. The Morgan fingerprint density at radius 1 is 1.30 bits per heavy atom. The number of amides is 1. The molecule has 0 spiro atoms. The number of nitrogens with one attached hydrogen (secondary N) is 1. The molecule has 0 saturated carbocycles. The van der Waals surface area contributed by atoms with Gasteiger partial charge in [-0.05, 0) is 5.56 Å². The van der Waals surface area contributed by atoms with E-state index in [-0.39, 0.29) is 19.0 Å². The molecule has 1 amide bonds. The highest BCUT2D eigenvalue weighted by Gasteiger charge is 2.20. The topological polar surface area (TPSA) is 95.9 Å². The van der Waals surface area contributed by atoms with Crippen LogP contribution in [0.2, 0.25) is 0 Å². The van der Waals surface area contributed by atoms with E-state index in [0.717, 1.165) is 5.56 Å². The molecule has 1 aromatic carbocycles. The van der Waals surface area contributed by atoms with Crippen LogP contribution < -0.4 is 5.32 Å². The fourth-order valence-corrected chi connectivity index (χ4v) is 2.10. The lowest BCUT2D eigenvalue weighted by Gasteiger charge is -2.14. The number of carbonyl (C=O) groups is 2. The van der Waals surface area contributed by atoms with Gasteiger partial charge in [0, 0.05) is 11.5 Å². The molecule has 0 fully saturated rings. The standard InChI is InChI=1S/C13H17NO5S/c15-6-7-20-9-11(12(16)17)14-13(18)19-8-10-4-2-1-3-5-10/h1-5,11,15H,6-9H2,(H,14,18)(H,16,17)/t11-/m0/s1. The Morgan fingerprint density at radius 3 is 2.60 bits per heavy atom. The molecule has 3 N–H and O–H groups in total. The van der Waals surface area contributed by atoms with Crippen LogP contribution in [0.15, 0.2) is 30.3 Å². The summed E-state index contributed by atoms with van der Waals surface area (Å²) in [6, 6.07) is 8.07. The number of carboxylic acids is 1. The second-order valence-corrected chi connectivity index (χ2v) is 5.05. The van der Waals surface area contributed by atoms with E-state index in [2.05, 4.69) is 5.32 Å². The zero-order valence-electron chi connectivity index (χ0n) is 10.8. The molecule has 1 rings (SSSR count). The zero-order chi connectivity index (χ0) is 14.8. The number of rotatable bonds is 8. The largest absolute Gasteiger partial charge is 0.480 e. The summed E-state index contributed by atoms with van der Waals surface area (Å²) < 4.78 is 4.94.